The number of nitrogens with two attached hydrogens (primary N) is 1. The predicted molar refractivity (Wildman–Crippen MR) is 91.4 cm³/mol. The van der Waals surface area contributed by atoms with E-state index in [1.165, 1.54) is 6.42 Å². The maximum absolute atomic E-state index is 12.7. The van der Waals surface area contributed by atoms with Crippen molar-refractivity contribution in [3.05, 3.63) is 11.2 Å². The molecule has 0 radical (unpaired) electrons. The van der Waals surface area contributed by atoms with Crippen LogP contribution in [-0.2, 0) is 4.79 Å². The lowest BCUT2D eigenvalue weighted by molar-refractivity contribution is -0.137. The molecule has 6 nitrogen and oxygen atoms in total. The molecule has 1 aromatic heterocycles. The molecule has 2 aliphatic rings. The van der Waals surface area contributed by atoms with E-state index in [9.17, 15) is 4.79 Å². The minimum atomic E-state index is 0.131. The summed E-state index contributed by atoms with van der Waals surface area (Å²) in [6.45, 7) is 5.66. The molecular weight excluding hydrogens is 314 g/mol. The Hall–Kier alpha value is -1.56. The number of carbonyl (C=O) groups excluding carboxylic acids is 1. The smallest absolute Gasteiger partial charge is 0.225 e. The number of halogens is 1. The van der Waals surface area contributed by atoms with Crippen LogP contribution in [-0.4, -0.2) is 47.0 Å². The summed E-state index contributed by atoms with van der Waals surface area (Å²) in [4.78, 5) is 25.0. The van der Waals surface area contributed by atoms with Crippen LogP contribution in [0.3, 0.4) is 0 Å². The van der Waals surface area contributed by atoms with E-state index in [4.69, 9.17) is 17.3 Å². The number of amides is 1. The van der Waals surface area contributed by atoms with Crippen molar-refractivity contribution in [1.29, 1.82) is 0 Å². The van der Waals surface area contributed by atoms with Gasteiger partial charge in [0.25, 0.3) is 0 Å². The van der Waals surface area contributed by atoms with Gasteiger partial charge in [-0.1, -0.05) is 18.5 Å². The highest BCUT2D eigenvalue weighted by atomic mass is 35.5. The van der Waals surface area contributed by atoms with Gasteiger partial charge in [0.15, 0.2) is 0 Å². The maximum Gasteiger partial charge on any atom is 0.225 e. The topological polar surface area (TPSA) is 75.4 Å². The van der Waals surface area contributed by atoms with Gasteiger partial charge < -0.3 is 15.5 Å². The molecule has 0 saturated carbocycles. The second-order valence-corrected chi connectivity index (χ2v) is 7.09. The molecule has 0 aliphatic carbocycles. The molecule has 126 valence electrons. The van der Waals surface area contributed by atoms with Crippen molar-refractivity contribution in [2.75, 3.05) is 36.8 Å². The number of nitrogens with zero attached hydrogens (tertiary/aromatic N) is 4. The molecule has 1 atom stereocenters. The summed E-state index contributed by atoms with van der Waals surface area (Å²) in [5.74, 6) is 2.02. The fraction of sp³-hybridized carbons (Fsp3) is 0.688. The second kappa shape index (κ2) is 6.91. The maximum atomic E-state index is 12.7. The first-order chi connectivity index (χ1) is 11.0. The molecule has 23 heavy (non-hydrogen) atoms. The van der Waals surface area contributed by atoms with Gasteiger partial charge in [-0.3, -0.25) is 4.79 Å². The van der Waals surface area contributed by atoms with Gasteiger partial charge >= 0.3 is 0 Å². The molecule has 0 aromatic carbocycles. The van der Waals surface area contributed by atoms with Gasteiger partial charge in [-0.05, 0) is 31.6 Å². The molecule has 0 spiro atoms. The lowest BCUT2D eigenvalue weighted by atomic mass is 9.93. The molecule has 1 amide bonds. The fourth-order valence-corrected chi connectivity index (χ4v) is 3.77. The van der Waals surface area contributed by atoms with Crippen LogP contribution in [0.15, 0.2) is 6.07 Å². The molecule has 2 N–H and O–H groups in total. The van der Waals surface area contributed by atoms with Crippen LogP contribution in [0, 0.1) is 11.8 Å². The molecule has 3 rings (SSSR count). The van der Waals surface area contributed by atoms with Crippen LogP contribution >= 0.6 is 11.6 Å². The number of piperidine rings is 2. The summed E-state index contributed by atoms with van der Waals surface area (Å²) >= 11 is 5.95. The van der Waals surface area contributed by atoms with Gasteiger partial charge in [-0.2, -0.15) is 4.98 Å². The zero-order chi connectivity index (χ0) is 16.4. The highest BCUT2D eigenvalue weighted by Gasteiger charge is 2.31. The fourth-order valence-electron chi connectivity index (χ4n) is 3.59. The molecule has 0 unspecified atom stereocenters. The number of hydrogen-bond donors (Lipinski definition) is 1. The zero-order valence-corrected chi connectivity index (χ0v) is 14.3. The molecular formula is C16H24ClN5O. The largest absolute Gasteiger partial charge is 0.368 e. The molecule has 2 aliphatic heterocycles. The Bertz CT molecular complexity index is 553. The Labute approximate surface area is 142 Å². The summed E-state index contributed by atoms with van der Waals surface area (Å²) in [6.07, 6.45) is 4.07. The molecule has 3 heterocycles. The van der Waals surface area contributed by atoms with Crippen molar-refractivity contribution >= 4 is 29.3 Å². The Morgan fingerprint density at radius 3 is 2.65 bits per heavy atom. The number of carbonyl (C=O) groups is 1. The van der Waals surface area contributed by atoms with Gasteiger partial charge in [-0.25, -0.2) is 4.98 Å². The van der Waals surface area contributed by atoms with Gasteiger partial charge in [0.05, 0.1) is 0 Å². The summed E-state index contributed by atoms with van der Waals surface area (Å²) in [6, 6.07) is 1.73. The highest BCUT2D eigenvalue weighted by molar-refractivity contribution is 6.29. The molecule has 7 heteroatoms. The Morgan fingerprint density at radius 1 is 1.26 bits per heavy atom. The SMILES string of the molecule is C[C@H]1CCCN(C(=O)C2CCN(c3cc(Cl)nc(N)n3)CC2)C1. The van der Waals surface area contributed by atoms with Crippen LogP contribution in [0.1, 0.15) is 32.6 Å². The van der Waals surface area contributed by atoms with E-state index >= 15 is 0 Å². The van der Waals surface area contributed by atoms with E-state index in [0.717, 1.165) is 51.3 Å². The lowest BCUT2D eigenvalue weighted by Gasteiger charge is -2.37. The van der Waals surface area contributed by atoms with Crippen molar-refractivity contribution in [3.63, 3.8) is 0 Å². The summed E-state index contributed by atoms with van der Waals surface area (Å²) in [7, 11) is 0. The highest BCUT2D eigenvalue weighted by Crippen LogP contribution is 2.26. The van der Waals surface area contributed by atoms with Crippen LogP contribution in [0.2, 0.25) is 5.15 Å². The molecule has 2 fully saturated rings. The first-order valence-corrected chi connectivity index (χ1v) is 8.74. The van der Waals surface area contributed by atoms with Gasteiger partial charge in [0.2, 0.25) is 11.9 Å². The van der Waals surface area contributed by atoms with E-state index in [-0.39, 0.29) is 11.9 Å². The minimum absolute atomic E-state index is 0.131. The van der Waals surface area contributed by atoms with Crippen molar-refractivity contribution in [2.45, 2.75) is 32.6 Å². The quantitative estimate of drug-likeness (QED) is 0.837. The number of likely N-dealkylation sites (tertiary alicyclic amines) is 1. The van der Waals surface area contributed by atoms with E-state index in [0.29, 0.717) is 17.0 Å². The third kappa shape index (κ3) is 3.86. The Kier molecular flexibility index (Phi) is 4.90. The van der Waals surface area contributed by atoms with Crippen LogP contribution < -0.4 is 10.6 Å². The Balaban J connectivity index is 1.58. The Morgan fingerprint density at radius 2 is 2.00 bits per heavy atom. The lowest BCUT2D eigenvalue weighted by Crippen LogP contribution is -2.46. The monoisotopic (exact) mass is 337 g/mol. The predicted octanol–water partition coefficient (Wildman–Crippen LogP) is 2.19. The number of anilines is 2. The van der Waals surface area contributed by atoms with Gasteiger partial charge in [0.1, 0.15) is 11.0 Å². The third-order valence-electron chi connectivity index (χ3n) is 4.84. The van der Waals surface area contributed by atoms with Crippen molar-refractivity contribution in [3.8, 4) is 0 Å². The molecule has 2 saturated heterocycles. The van der Waals surface area contributed by atoms with E-state index in [1.807, 2.05) is 0 Å². The van der Waals surface area contributed by atoms with Gasteiger partial charge in [0, 0.05) is 38.2 Å². The minimum Gasteiger partial charge on any atom is -0.368 e. The van der Waals surface area contributed by atoms with Crippen LogP contribution in [0.25, 0.3) is 0 Å². The average molecular weight is 338 g/mol. The summed E-state index contributed by atoms with van der Waals surface area (Å²) in [5, 5.41) is 0.355. The van der Waals surface area contributed by atoms with Crippen molar-refractivity contribution < 1.29 is 4.79 Å². The van der Waals surface area contributed by atoms with E-state index < -0.39 is 0 Å². The zero-order valence-electron chi connectivity index (χ0n) is 13.5. The number of aromatic nitrogens is 2. The first kappa shape index (κ1) is 16.3. The number of rotatable bonds is 2. The molecule has 1 aromatic rings. The summed E-state index contributed by atoms with van der Waals surface area (Å²) < 4.78 is 0. The number of nitrogen functional groups attached to an aromatic ring is 1. The van der Waals surface area contributed by atoms with Crippen molar-refractivity contribution in [2.24, 2.45) is 11.8 Å². The van der Waals surface area contributed by atoms with Gasteiger partial charge in [-0.15, -0.1) is 0 Å². The second-order valence-electron chi connectivity index (χ2n) is 6.70. The molecule has 0 bridgehead atoms. The summed E-state index contributed by atoms with van der Waals surface area (Å²) in [5.41, 5.74) is 5.66. The van der Waals surface area contributed by atoms with Crippen LogP contribution in [0.4, 0.5) is 11.8 Å². The van der Waals surface area contributed by atoms with Crippen molar-refractivity contribution in [1.82, 2.24) is 14.9 Å². The standard InChI is InChI=1S/C16H24ClN5O/c1-11-3-2-6-22(10-11)15(23)12-4-7-21(8-5-12)14-9-13(17)19-16(18)20-14/h9,11-12H,2-8,10H2,1H3,(H2,18,19,20)/t11-/m0/s1. The van der Waals surface area contributed by atoms with Crippen LogP contribution in [0.5, 0.6) is 0 Å². The third-order valence-corrected chi connectivity index (χ3v) is 5.03. The normalized spacial score (nSPS) is 23.1. The number of hydrogen-bond acceptors (Lipinski definition) is 5. The van der Waals surface area contributed by atoms with E-state index in [1.54, 1.807) is 6.07 Å². The average Bonchev–Trinajstić information content (AvgIpc) is 2.53. The van der Waals surface area contributed by atoms with E-state index in [2.05, 4.69) is 26.7 Å². The first-order valence-electron chi connectivity index (χ1n) is 8.36.